The zero-order chi connectivity index (χ0) is 12.5. The maximum atomic E-state index is 12.8. The van der Waals surface area contributed by atoms with E-state index in [1.807, 2.05) is 0 Å². The predicted octanol–water partition coefficient (Wildman–Crippen LogP) is 1.63. The molecule has 0 N–H and O–H groups in total. The summed E-state index contributed by atoms with van der Waals surface area (Å²) in [5.74, 6) is 0. The third-order valence-electron chi connectivity index (χ3n) is 3.79. The van der Waals surface area contributed by atoms with E-state index in [0.717, 1.165) is 6.41 Å². The molecule has 98 valence electrons. The number of amides is 1. The standard InChI is InChI=1S/C11H17F3N2O/c12-11(13,14)10-2-1-5-16(10)9-3-6-15(8-17)7-4-9/h8-10H,1-7H2. The van der Waals surface area contributed by atoms with E-state index in [1.54, 1.807) is 9.80 Å². The molecule has 0 saturated carbocycles. The zero-order valence-corrected chi connectivity index (χ0v) is 9.62. The van der Waals surface area contributed by atoms with Crippen LogP contribution >= 0.6 is 0 Å². The number of hydrogen-bond acceptors (Lipinski definition) is 2. The molecule has 1 amide bonds. The molecule has 17 heavy (non-hydrogen) atoms. The Labute approximate surface area is 98.6 Å². The lowest BCUT2D eigenvalue weighted by molar-refractivity contribution is -0.182. The van der Waals surface area contributed by atoms with Crippen molar-refractivity contribution in [2.45, 2.75) is 43.9 Å². The minimum atomic E-state index is -4.11. The number of hydrogen-bond donors (Lipinski definition) is 0. The summed E-state index contributed by atoms with van der Waals surface area (Å²) in [5, 5.41) is 0. The molecule has 1 unspecified atom stereocenters. The first-order valence-electron chi connectivity index (χ1n) is 6.04. The van der Waals surface area contributed by atoms with Gasteiger partial charge in [-0.25, -0.2) is 0 Å². The van der Waals surface area contributed by atoms with Crippen LogP contribution in [0.2, 0.25) is 0 Å². The van der Waals surface area contributed by atoms with Crippen LogP contribution in [0.5, 0.6) is 0 Å². The van der Waals surface area contributed by atoms with E-state index < -0.39 is 12.2 Å². The number of piperidine rings is 1. The summed E-state index contributed by atoms with van der Waals surface area (Å²) in [4.78, 5) is 13.8. The van der Waals surface area contributed by atoms with Gasteiger partial charge in [-0.3, -0.25) is 9.69 Å². The third kappa shape index (κ3) is 2.73. The second-order valence-electron chi connectivity index (χ2n) is 4.81. The number of rotatable bonds is 2. The SMILES string of the molecule is O=CN1CCC(N2CCCC2C(F)(F)F)CC1. The van der Waals surface area contributed by atoms with Crippen LogP contribution < -0.4 is 0 Å². The molecule has 3 nitrogen and oxygen atoms in total. The number of carbonyl (C=O) groups excluding carboxylic acids is 1. The van der Waals surface area contributed by atoms with E-state index in [4.69, 9.17) is 0 Å². The molecular formula is C11H17F3N2O. The average molecular weight is 250 g/mol. The third-order valence-corrected chi connectivity index (χ3v) is 3.79. The molecule has 1 atom stereocenters. The second kappa shape index (κ2) is 4.84. The highest BCUT2D eigenvalue weighted by Crippen LogP contribution is 2.35. The Morgan fingerprint density at radius 2 is 1.71 bits per heavy atom. The van der Waals surface area contributed by atoms with Crippen molar-refractivity contribution in [2.75, 3.05) is 19.6 Å². The molecular weight excluding hydrogens is 233 g/mol. The van der Waals surface area contributed by atoms with Crippen molar-refractivity contribution in [3.63, 3.8) is 0 Å². The highest BCUT2D eigenvalue weighted by Gasteiger charge is 2.48. The lowest BCUT2D eigenvalue weighted by Gasteiger charge is -2.38. The van der Waals surface area contributed by atoms with Gasteiger partial charge in [0.1, 0.15) is 6.04 Å². The molecule has 0 radical (unpaired) electrons. The number of carbonyl (C=O) groups is 1. The smallest absolute Gasteiger partial charge is 0.345 e. The molecule has 6 heteroatoms. The fourth-order valence-corrected chi connectivity index (χ4v) is 2.90. The van der Waals surface area contributed by atoms with Crippen LogP contribution in [0.15, 0.2) is 0 Å². The van der Waals surface area contributed by atoms with Gasteiger partial charge in [0.2, 0.25) is 6.41 Å². The minimum Gasteiger partial charge on any atom is -0.345 e. The van der Waals surface area contributed by atoms with Crippen molar-refractivity contribution < 1.29 is 18.0 Å². The van der Waals surface area contributed by atoms with Gasteiger partial charge in [0, 0.05) is 19.1 Å². The van der Waals surface area contributed by atoms with E-state index in [9.17, 15) is 18.0 Å². The van der Waals surface area contributed by atoms with E-state index in [-0.39, 0.29) is 12.5 Å². The molecule has 0 aliphatic carbocycles. The Morgan fingerprint density at radius 3 is 2.24 bits per heavy atom. The summed E-state index contributed by atoms with van der Waals surface area (Å²) in [6.45, 7) is 1.69. The first kappa shape index (κ1) is 12.7. The Hall–Kier alpha value is -0.780. The quantitative estimate of drug-likeness (QED) is 0.695. The van der Waals surface area contributed by atoms with Crippen molar-refractivity contribution >= 4 is 6.41 Å². The van der Waals surface area contributed by atoms with E-state index in [2.05, 4.69) is 0 Å². The van der Waals surface area contributed by atoms with Gasteiger partial charge in [0.15, 0.2) is 0 Å². The molecule has 2 saturated heterocycles. The lowest BCUT2D eigenvalue weighted by Crippen LogP contribution is -2.50. The van der Waals surface area contributed by atoms with Gasteiger partial charge in [-0.1, -0.05) is 0 Å². The van der Waals surface area contributed by atoms with Crippen LogP contribution in [0.4, 0.5) is 13.2 Å². The van der Waals surface area contributed by atoms with Gasteiger partial charge < -0.3 is 4.90 Å². The Morgan fingerprint density at radius 1 is 1.06 bits per heavy atom. The Kier molecular flexibility index (Phi) is 3.61. The van der Waals surface area contributed by atoms with Gasteiger partial charge in [-0.15, -0.1) is 0 Å². The zero-order valence-electron chi connectivity index (χ0n) is 9.62. The Bertz CT molecular complexity index is 274. The molecule has 2 heterocycles. The van der Waals surface area contributed by atoms with Crippen LogP contribution in [-0.4, -0.2) is 54.1 Å². The summed E-state index contributed by atoms with van der Waals surface area (Å²) < 4.78 is 38.4. The molecule has 0 spiro atoms. The monoisotopic (exact) mass is 250 g/mol. The van der Waals surface area contributed by atoms with Crippen LogP contribution in [0.3, 0.4) is 0 Å². The summed E-state index contributed by atoms with van der Waals surface area (Å²) >= 11 is 0. The molecule has 0 bridgehead atoms. The molecule has 0 aromatic heterocycles. The average Bonchev–Trinajstić information content (AvgIpc) is 2.78. The van der Waals surface area contributed by atoms with Crippen molar-refractivity contribution in [2.24, 2.45) is 0 Å². The first-order valence-corrected chi connectivity index (χ1v) is 6.04. The highest BCUT2D eigenvalue weighted by molar-refractivity contribution is 5.47. The van der Waals surface area contributed by atoms with E-state index in [0.29, 0.717) is 38.9 Å². The van der Waals surface area contributed by atoms with Crippen molar-refractivity contribution in [1.29, 1.82) is 0 Å². The van der Waals surface area contributed by atoms with Gasteiger partial charge >= 0.3 is 6.18 Å². The number of nitrogens with zero attached hydrogens (tertiary/aromatic N) is 2. The van der Waals surface area contributed by atoms with Gasteiger partial charge in [0.25, 0.3) is 0 Å². The lowest BCUT2D eigenvalue weighted by atomic mass is 10.0. The number of halogens is 3. The first-order chi connectivity index (χ1) is 8.02. The van der Waals surface area contributed by atoms with Crippen LogP contribution in [-0.2, 0) is 4.79 Å². The molecule has 2 aliphatic heterocycles. The molecule has 0 aromatic carbocycles. The maximum absolute atomic E-state index is 12.8. The Balaban J connectivity index is 1.96. The minimum absolute atomic E-state index is 0.0136. The van der Waals surface area contributed by atoms with Crippen molar-refractivity contribution in [3.05, 3.63) is 0 Å². The van der Waals surface area contributed by atoms with Gasteiger partial charge in [-0.05, 0) is 32.2 Å². The maximum Gasteiger partial charge on any atom is 0.404 e. The van der Waals surface area contributed by atoms with Crippen molar-refractivity contribution in [3.8, 4) is 0 Å². The molecule has 2 aliphatic rings. The van der Waals surface area contributed by atoms with Crippen LogP contribution in [0.25, 0.3) is 0 Å². The van der Waals surface area contributed by atoms with E-state index in [1.165, 1.54) is 0 Å². The molecule has 0 aromatic rings. The number of likely N-dealkylation sites (tertiary alicyclic amines) is 2. The van der Waals surface area contributed by atoms with Gasteiger partial charge in [-0.2, -0.15) is 13.2 Å². The summed E-state index contributed by atoms with van der Waals surface area (Å²) in [5.41, 5.74) is 0. The summed E-state index contributed by atoms with van der Waals surface area (Å²) in [6.07, 6.45) is -1.17. The predicted molar refractivity (Wildman–Crippen MR) is 56.4 cm³/mol. The highest BCUT2D eigenvalue weighted by atomic mass is 19.4. The normalized spacial score (nSPS) is 28.6. The van der Waals surface area contributed by atoms with Crippen LogP contribution in [0.1, 0.15) is 25.7 Å². The summed E-state index contributed by atoms with van der Waals surface area (Å²) in [6, 6.07) is -1.28. The van der Waals surface area contributed by atoms with E-state index >= 15 is 0 Å². The van der Waals surface area contributed by atoms with Gasteiger partial charge in [0.05, 0.1) is 0 Å². The second-order valence-corrected chi connectivity index (χ2v) is 4.81. The topological polar surface area (TPSA) is 23.6 Å². The van der Waals surface area contributed by atoms with Crippen molar-refractivity contribution in [1.82, 2.24) is 9.80 Å². The molecule has 2 fully saturated rings. The largest absolute Gasteiger partial charge is 0.404 e. The fraction of sp³-hybridized carbons (Fsp3) is 0.909. The van der Waals surface area contributed by atoms with Crippen LogP contribution in [0, 0.1) is 0 Å². The molecule has 2 rings (SSSR count). The number of alkyl halides is 3. The fourth-order valence-electron chi connectivity index (χ4n) is 2.90. The summed E-state index contributed by atoms with van der Waals surface area (Å²) in [7, 11) is 0.